The Morgan fingerprint density at radius 2 is 2.29 bits per heavy atom. The number of cyclic esters (lactones) is 1. The van der Waals surface area contributed by atoms with Gasteiger partial charge in [0.05, 0.1) is 6.54 Å². The number of ether oxygens (including phenoxy) is 1. The van der Waals surface area contributed by atoms with Crippen molar-refractivity contribution in [3.63, 3.8) is 0 Å². The second-order valence-electron chi connectivity index (χ2n) is 5.18. The minimum atomic E-state index is -0.426. The highest BCUT2D eigenvalue weighted by Gasteiger charge is 2.35. The summed E-state index contributed by atoms with van der Waals surface area (Å²) in [7, 11) is 0. The van der Waals surface area contributed by atoms with E-state index in [0.717, 1.165) is 12.8 Å². The number of rotatable bonds is 4. The van der Waals surface area contributed by atoms with E-state index in [2.05, 4.69) is 10.1 Å². The molecule has 1 atom stereocenters. The minimum Gasteiger partial charge on any atom is -0.448 e. The van der Waals surface area contributed by atoms with Crippen LogP contribution in [0.3, 0.4) is 0 Å². The molecule has 8 heteroatoms. The molecule has 114 valence electrons. The third-order valence-corrected chi connectivity index (χ3v) is 3.83. The molecule has 0 saturated carbocycles. The van der Waals surface area contributed by atoms with E-state index >= 15 is 0 Å². The topological polar surface area (TPSA) is 88.8 Å². The molecule has 3 heterocycles. The van der Waals surface area contributed by atoms with Crippen molar-refractivity contribution in [3.8, 4) is 0 Å². The summed E-state index contributed by atoms with van der Waals surface area (Å²) in [6.45, 7) is 3.45. The lowest BCUT2D eigenvalue weighted by atomic mass is 10.2. The molecule has 2 saturated heterocycles. The van der Waals surface area contributed by atoms with Gasteiger partial charge in [-0.15, -0.1) is 0 Å². The van der Waals surface area contributed by atoms with Crippen LogP contribution in [0, 0.1) is 0 Å². The van der Waals surface area contributed by atoms with Crippen molar-refractivity contribution in [1.29, 1.82) is 0 Å². The lowest BCUT2D eigenvalue weighted by Gasteiger charge is -2.23. The Hall–Kier alpha value is -2.12. The molecule has 0 spiro atoms. The van der Waals surface area contributed by atoms with Crippen LogP contribution in [0.5, 0.6) is 0 Å². The zero-order valence-electron chi connectivity index (χ0n) is 11.9. The quantitative estimate of drug-likeness (QED) is 0.814. The Morgan fingerprint density at radius 3 is 2.95 bits per heavy atom. The monoisotopic (exact) mass is 294 g/mol. The summed E-state index contributed by atoms with van der Waals surface area (Å²) < 4.78 is 10.1. The van der Waals surface area contributed by atoms with Gasteiger partial charge < -0.3 is 14.2 Å². The van der Waals surface area contributed by atoms with E-state index in [-0.39, 0.29) is 18.5 Å². The van der Waals surface area contributed by atoms with E-state index in [1.807, 2.05) is 6.92 Å². The number of nitrogens with zero attached hydrogens (tertiary/aromatic N) is 4. The molecule has 1 aromatic rings. The van der Waals surface area contributed by atoms with E-state index < -0.39 is 6.09 Å². The van der Waals surface area contributed by atoms with Crippen molar-refractivity contribution in [2.24, 2.45) is 0 Å². The first kappa shape index (κ1) is 13.8. The normalized spacial score (nSPS) is 22.0. The summed E-state index contributed by atoms with van der Waals surface area (Å²) >= 11 is 0. The molecular weight excluding hydrogens is 276 g/mol. The van der Waals surface area contributed by atoms with Gasteiger partial charge in [0, 0.05) is 13.0 Å². The summed E-state index contributed by atoms with van der Waals surface area (Å²) in [6.07, 6.45) is 1.97. The van der Waals surface area contributed by atoms with Crippen LogP contribution in [0.2, 0.25) is 0 Å². The molecule has 2 amide bonds. The summed E-state index contributed by atoms with van der Waals surface area (Å²) in [5.74, 6) is 1.03. The fraction of sp³-hybridized carbons (Fsp3) is 0.692. The van der Waals surface area contributed by atoms with Crippen molar-refractivity contribution in [1.82, 2.24) is 19.9 Å². The van der Waals surface area contributed by atoms with E-state index in [0.29, 0.717) is 37.8 Å². The zero-order chi connectivity index (χ0) is 14.8. The third kappa shape index (κ3) is 2.70. The van der Waals surface area contributed by atoms with Crippen LogP contribution in [0.1, 0.15) is 37.5 Å². The van der Waals surface area contributed by atoms with Crippen LogP contribution in [-0.2, 0) is 16.0 Å². The number of hydrogen-bond donors (Lipinski definition) is 0. The predicted molar refractivity (Wildman–Crippen MR) is 70.3 cm³/mol. The second kappa shape index (κ2) is 5.71. The molecule has 2 fully saturated rings. The van der Waals surface area contributed by atoms with Crippen LogP contribution in [0.4, 0.5) is 4.79 Å². The maximum absolute atomic E-state index is 12.4. The van der Waals surface area contributed by atoms with Gasteiger partial charge in [-0.25, -0.2) is 4.79 Å². The van der Waals surface area contributed by atoms with Crippen LogP contribution in [0.25, 0.3) is 0 Å². The van der Waals surface area contributed by atoms with Crippen molar-refractivity contribution >= 4 is 12.0 Å². The second-order valence-corrected chi connectivity index (χ2v) is 5.18. The first-order valence-electron chi connectivity index (χ1n) is 7.22. The SMILES string of the molecule is CCc1noc([C@@H]2CCCN2C(=O)CN2CCOC2=O)n1. The van der Waals surface area contributed by atoms with Crippen LogP contribution < -0.4 is 0 Å². The van der Waals surface area contributed by atoms with Gasteiger partial charge in [-0.05, 0) is 12.8 Å². The molecule has 0 radical (unpaired) electrons. The molecule has 0 aliphatic carbocycles. The highest BCUT2D eigenvalue weighted by atomic mass is 16.6. The zero-order valence-corrected chi connectivity index (χ0v) is 11.9. The molecule has 8 nitrogen and oxygen atoms in total. The van der Waals surface area contributed by atoms with Gasteiger partial charge in [0.1, 0.15) is 19.2 Å². The van der Waals surface area contributed by atoms with Crippen LogP contribution >= 0.6 is 0 Å². The fourth-order valence-electron chi connectivity index (χ4n) is 2.69. The van der Waals surface area contributed by atoms with Gasteiger partial charge in [0.15, 0.2) is 5.82 Å². The highest BCUT2D eigenvalue weighted by molar-refractivity contribution is 5.83. The molecule has 2 aliphatic rings. The molecular formula is C13H18N4O4. The summed E-state index contributed by atoms with van der Waals surface area (Å²) in [5.41, 5.74) is 0. The Labute approximate surface area is 122 Å². The first-order chi connectivity index (χ1) is 10.2. The van der Waals surface area contributed by atoms with Crippen molar-refractivity contribution in [2.75, 3.05) is 26.2 Å². The van der Waals surface area contributed by atoms with Gasteiger partial charge in [-0.2, -0.15) is 4.98 Å². The fourth-order valence-corrected chi connectivity index (χ4v) is 2.69. The molecule has 3 rings (SSSR count). The molecule has 21 heavy (non-hydrogen) atoms. The van der Waals surface area contributed by atoms with E-state index in [4.69, 9.17) is 9.26 Å². The van der Waals surface area contributed by atoms with Crippen LogP contribution in [0.15, 0.2) is 4.52 Å². The molecule has 0 bridgehead atoms. The molecule has 0 aromatic carbocycles. The Kier molecular flexibility index (Phi) is 3.76. The summed E-state index contributed by atoms with van der Waals surface area (Å²) in [5, 5.41) is 3.88. The van der Waals surface area contributed by atoms with Crippen molar-refractivity contribution in [2.45, 2.75) is 32.2 Å². The number of amides is 2. The lowest BCUT2D eigenvalue weighted by molar-refractivity contribution is -0.133. The van der Waals surface area contributed by atoms with Gasteiger partial charge in [0.25, 0.3) is 0 Å². The van der Waals surface area contributed by atoms with Crippen molar-refractivity contribution in [3.05, 3.63) is 11.7 Å². The molecule has 2 aliphatic heterocycles. The third-order valence-electron chi connectivity index (χ3n) is 3.83. The Bertz CT molecular complexity index is 544. The molecule has 0 unspecified atom stereocenters. The minimum absolute atomic E-state index is 0.0457. The van der Waals surface area contributed by atoms with Gasteiger partial charge in [-0.1, -0.05) is 12.1 Å². The maximum atomic E-state index is 12.4. The Balaban J connectivity index is 1.68. The number of hydrogen-bond acceptors (Lipinski definition) is 6. The highest BCUT2D eigenvalue weighted by Crippen LogP contribution is 2.31. The maximum Gasteiger partial charge on any atom is 0.410 e. The van der Waals surface area contributed by atoms with Gasteiger partial charge >= 0.3 is 6.09 Å². The average molecular weight is 294 g/mol. The summed E-state index contributed by atoms with van der Waals surface area (Å²) in [6, 6.07) is -0.177. The smallest absolute Gasteiger partial charge is 0.410 e. The van der Waals surface area contributed by atoms with E-state index in [1.54, 1.807) is 4.90 Å². The standard InChI is InChI=1S/C13H18N4O4/c1-2-10-14-12(21-15-10)9-4-3-5-17(9)11(18)8-16-6-7-20-13(16)19/h9H,2-8H2,1H3/t9-/m0/s1. The van der Waals surface area contributed by atoms with Gasteiger partial charge in [0.2, 0.25) is 11.8 Å². The number of aromatic nitrogens is 2. The lowest BCUT2D eigenvalue weighted by Crippen LogP contribution is -2.40. The van der Waals surface area contributed by atoms with E-state index in [1.165, 1.54) is 4.90 Å². The first-order valence-corrected chi connectivity index (χ1v) is 7.22. The average Bonchev–Trinajstić information content (AvgIpc) is 3.18. The van der Waals surface area contributed by atoms with Gasteiger partial charge in [-0.3, -0.25) is 9.69 Å². The molecule has 0 N–H and O–H groups in total. The largest absolute Gasteiger partial charge is 0.448 e. The molecule has 1 aromatic heterocycles. The number of likely N-dealkylation sites (tertiary alicyclic amines) is 1. The predicted octanol–water partition coefficient (Wildman–Crippen LogP) is 0.748. The van der Waals surface area contributed by atoms with E-state index in [9.17, 15) is 9.59 Å². The number of carbonyl (C=O) groups is 2. The Morgan fingerprint density at radius 1 is 1.43 bits per heavy atom. The number of aryl methyl sites for hydroxylation is 1. The van der Waals surface area contributed by atoms with Crippen LogP contribution in [-0.4, -0.2) is 58.2 Å². The number of carbonyl (C=O) groups excluding carboxylic acids is 2. The summed E-state index contributed by atoms with van der Waals surface area (Å²) in [4.78, 5) is 31.3. The van der Waals surface area contributed by atoms with Crippen molar-refractivity contribution < 1.29 is 18.8 Å².